The van der Waals surface area contributed by atoms with Gasteiger partial charge in [0.25, 0.3) is 5.91 Å². The van der Waals surface area contributed by atoms with Crippen molar-refractivity contribution in [1.82, 2.24) is 9.62 Å². The molecule has 2 atom stereocenters. The summed E-state index contributed by atoms with van der Waals surface area (Å²) in [5.41, 5.74) is 5.83. The Balaban J connectivity index is 2.03. The van der Waals surface area contributed by atoms with Gasteiger partial charge in [-0.05, 0) is 24.3 Å². The Morgan fingerprint density at radius 1 is 1.21 bits per heavy atom. The first-order chi connectivity index (χ1) is 11.2. The van der Waals surface area contributed by atoms with Gasteiger partial charge in [0.2, 0.25) is 15.9 Å². The molecule has 1 heterocycles. The van der Waals surface area contributed by atoms with E-state index >= 15 is 0 Å². The minimum Gasteiger partial charge on any atom is -0.379 e. The van der Waals surface area contributed by atoms with Crippen molar-refractivity contribution in [3.8, 4) is 0 Å². The summed E-state index contributed by atoms with van der Waals surface area (Å²) in [6.45, 7) is 0.539. The van der Waals surface area contributed by atoms with Crippen molar-refractivity contribution >= 4 is 21.8 Å². The van der Waals surface area contributed by atoms with E-state index in [2.05, 4.69) is 5.32 Å². The number of ether oxygens (including phenoxy) is 1. The van der Waals surface area contributed by atoms with Gasteiger partial charge in [-0.25, -0.2) is 12.7 Å². The lowest BCUT2D eigenvalue weighted by Gasteiger charge is -2.21. The monoisotopic (exact) mass is 355 g/mol. The highest BCUT2D eigenvalue weighted by molar-refractivity contribution is 7.89. The predicted octanol–water partition coefficient (Wildman–Crippen LogP) is -0.578. The summed E-state index contributed by atoms with van der Waals surface area (Å²) in [7, 11) is -0.437. The van der Waals surface area contributed by atoms with Crippen molar-refractivity contribution in [2.75, 3.05) is 33.1 Å². The molecule has 0 unspecified atom stereocenters. The van der Waals surface area contributed by atoms with Gasteiger partial charge >= 0.3 is 0 Å². The van der Waals surface area contributed by atoms with E-state index < -0.39 is 15.9 Å². The number of carbonyl (C=O) groups is 2. The van der Waals surface area contributed by atoms with Crippen molar-refractivity contribution in [2.45, 2.75) is 6.04 Å². The van der Waals surface area contributed by atoms with Crippen LogP contribution in [-0.4, -0.2) is 63.6 Å². The van der Waals surface area contributed by atoms with Crippen LogP contribution in [0.3, 0.4) is 0 Å². The van der Waals surface area contributed by atoms with Crippen LogP contribution in [0.15, 0.2) is 24.3 Å². The second kappa shape index (κ2) is 7.29. The quantitative estimate of drug-likeness (QED) is 0.708. The van der Waals surface area contributed by atoms with E-state index in [1.165, 1.54) is 38.4 Å². The van der Waals surface area contributed by atoms with Crippen molar-refractivity contribution in [2.24, 2.45) is 11.7 Å². The molecule has 9 heteroatoms. The summed E-state index contributed by atoms with van der Waals surface area (Å²) in [6, 6.07) is 5.54. The first-order valence-electron chi connectivity index (χ1n) is 7.39. The number of hydrogen-bond acceptors (Lipinski definition) is 5. The molecule has 3 N–H and O–H groups in total. The third-order valence-electron chi connectivity index (χ3n) is 3.93. The number of nitrogens with two attached hydrogens (primary N) is 1. The standard InChI is InChI=1S/C15H21N3O5S/c1-18(2)24(21,22)9-12-7-23-8-13(12)17-15(20)11-5-3-10(4-6-11)14(16)19/h3-6,12-13H,7-9H2,1-2H3,(H2,16,19)(H,17,20)/t12-,13-/m0/s1. The van der Waals surface area contributed by atoms with Gasteiger partial charge in [0, 0.05) is 31.1 Å². The van der Waals surface area contributed by atoms with Gasteiger partial charge in [0.1, 0.15) is 0 Å². The van der Waals surface area contributed by atoms with Gasteiger partial charge in [-0.15, -0.1) is 0 Å². The van der Waals surface area contributed by atoms with Crippen molar-refractivity contribution in [3.63, 3.8) is 0 Å². The van der Waals surface area contributed by atoms with E-state index in [-0.39, 0.29) is 36.8 Å². The number of hydrogen-bond donors (Lipinski definition) is 2. The minimum atomic E-state index is -3.38. The number of nitrogens with zero attached hydrogens (tertiary/aromatic N) is 1. The number of carbonyl (C=O) groups excluding carboxylic acids is 2. The van der Waals surface area contributed by atoms with E-state index in [9.17, 15) is 18.0 Å². The summed E-state index contributed by atoms with van der Waals surface area (Å²) in [6.07, 6.45) is 0. The van der Waals surface area contributed by atoms with E-state index in [0.717, 1.165) is 4.31 Å². The van der Waals surface area contributed by atoms with E-state index in [1.807, 2.05) is 0 Å². The van der Waals surface area contributed by atoms with Crippen LogP contribution in [0.1, 0.15) is 20.7 Å². The molecule has 0 spiro atoms. The topological polar surface area (TPSA) is 119 Å². The Morgan fingerprint density at radius 3 is 2.33 bits per heavy atom. The number of nitrogens with one attached hydrogen (secondary N) is 1. The molecule has 0 aromatic heterocycles. The van der Waals surface area contributed by atoms with Crippen LogP contribution < -0.4 is 11.1 Å². The van der Waals surface area contributed by atoms with Crippen LogP contribution in [0.4, 0.5) is 0 Å². The first-order valence-corrected chi connectivity index (χ1v) is 9.00. The van der Waals surface area contributed by atoms with E-state index in [0.29, 0.717) is 11.1 Å². The van der Waals surface area contributed by atoms with E-state index in [4.69, 9.17) is 10.5 Å². The molecule has 1 fully saturated rings. The highest BCUT2D eigenvalue weighted by Crippen LogP contribution is 2.18. The zero-order chi connectivity index (χ0) is 17.9. The van der Waals surface area contributed by atoms with Gasteiger partial charge in [-0.2, -0.15) is 0 Å². The highest BCUT2D eigenvalue weighted by Gasteiger charge is 2.34. The Labute approximate surface area is 141 Å². The molecule has 0 saturated carbocycles. The first kappa shape index (κ1) is 18.4. The molecule has 1 aliphatic rings. The Morgan fingerprint density at radius 2 is 1.79 bits per heavy atom. The van der Waals surface area contributed by atoms with Gasteiger partial charge in [-0.3, -0.25) is 9.59 Å². The minimum absolute atomic E-state index is 0.0917. The van der Waals surface area contributed by atoms with Crippen LogP contribution in [-0.2, 0) is 14.8 Å². The summed E-state index contributed by atoms with van der Waals surface area (Å²) >= 11 is 0. The van der Waals surface area contributed by atoms with Crippen LogP contribution in [0.5, 0.6) is 0 Å². The largest absolute Gasteiger partial charge is 0.379 e. The normalized spacial score (nSPS) is 21.0. The average molecular weight is 355 g/mol. The predicted molar refractivity (Wildman–Crippen MR) is 88.0 cm³/mol. The summed E-state index contributed by atoms with van der Waals surface area (Å²) < 4.78 is 30.5. The fourth-order valence-electron chi connectivity index (χ4n) is 2.38. The van der Waals surface area contributed by atoms with Crippen LogP contribution in [0, 0.1) is 5.92 Å². The van der Waals surface area contributed by atoms with E-state index in [1.54, 1.807) is 0 Å². The SMILES string of the molecule is CN(C)S(=O)(=O)C[C@@H]1COC[C@@H]1NC(=O)c1ccc(C(N)=O)cc1. The lowest BCUT2D eigenvalue weighted by Crippen LogP contribution is -2.43. The molecule has 0 aliphatic carbocycles. The Kier molecular flexibility index (Phi) is 5.58. The summed E-state index contributed by atoms with van der Waals surface area (Å²) in [5, 5.41) is 2.79. The molecule has 0 bridgehead atoms. The molecular weight excluding hydrogens is 334 g/mol. The maximum Gasteiger partial charge on any atom is 0.251 e. The van der Waals surface area contributed by atoms with Crippen LogP contribution in [0.25, 0.3) is 0 Å². The van der Waals surface area contributed by atoms with Gasteiger partial charge < -0.3 is 15.8 Å². The molecular formula is C15H21N3O5S. The molecule has 1 aromatic carbocycles. The smallest absolute Gasteiger partial charge is 0.251 e. The number of amides is 2. The Bertz CT molecular complexity index is 715. The van der Waals surface area contributed by atoms with Crippen molar-refractivity contribution in [1.29, 1.82) is 0 Å². The lowest BCUT2D eigenvalue weighted by atomic mass is 10.1. The second-order valence-corrected chi connectivity index (χ2v) is 8.11. The van der Waals surface area contributed by atoms with Crippen molar-refractivity contribution < 1.29 is 22.7 Å². The van der Waals surface area contributed by atoms with Gasteiger partial charge in [0.05, 0.1) is 25.0 Å². The number of sulfonamides is 1. The lowest BCUT2D eigenvalue weighted by molar-refractivity contribution is 0.0924. The molecule has 0 radical (unpaired) electrons. The average Bonchev–Trinajstić information content (AvgIpc) is 2.93. The van der Waals surface area contributed by atoms with Gasteiger partial charge in [0.15, 0.2) is 0 Å². The number of benzene rings is 1. The zero-order valence-corrected chi connectivity index (χ0v) is 14.4. The maximum atomic E-state index is 12.3. The molecule has 8 nitrogen and oxygen atoms in total. The second-order valence-electron chi connectivity index (χ2n) is 5.88. The van der Waals surface area contributed by atoms with Crippen molar-refractivity contribution in [3.05, 3.63) is 35.4 Å². The Hall–Kier alpha value is -1.97. The van der Waals surface area contributed by atoms with Crippen LogP contribution in [0.2, 0.25) is 0 Å². The number of rotatable bonds is 6. The number of primary amides is 1. The molecule has 24 heavy (non-hydrogen) atoms. The third-order valence-corrected chi connectivity index (χ3v) is 5.89. The summed E-state index contributed by atoms with van der Waals surface area (Å²) in [4.78, 5) is 23.3. The van der Waals surface area contributed by atoms with Crippen LogP contribution >= 0.6 is 0 Å². The highest BCUT2D eigenvalue weighted by atomic mass is 32.2. The maximum absolute atomic E-state index is 12.3. The third kappa shape index (κ3) is 4.31. The molecule has 2 amide bonds. The van der Waals surface area contributed by atoms with Gasteiger partial charge in [-0.1, -0.05) is 0 Å². The fraction of sp³-hybridized carbons (Fsp3) is 0.467. The molecule has 1 saturated heterocycles. The molecule has 1 aliphatic heterocycles. The zero-order valence-electron chi connectivity index (χ0n) is 13.6. The molecule has 1 aromatic rings. The fourth-order valence-corrected chi connectivity index (χ4v) is 3.55. The molecule has 2 rings (SSSR count). The molecule has 132 valence electrons. The summed E-state index contributed by atoms with van der Waals surface area (Å²) in [5.74, 6) is -1.33.